The van der Waals surface area contributed by atoms with E-state index in [4.69, 9.17) is 32.7 Å². The average Bonchev–Trinajstić information content (AvgIpc) is 2.99. The van der Waals surface area contributed by atoms with E-state index in [1.807, 2.05) is 0 Å². The first-order chi connectivity index (χ1) is 11.5. The maximum Gasteiger partial charge on any atom is 0.233 e. The van der Waals surface area contributed by atoms with Crippen LogP contribution in [-0.2, 0) is 19.1 Å². The number of likely N-dealkylation sites (tertiary alicyclic amines) is 1. The normalized spacial score (nSPS) is 19.5. The first kappa shape index (κ1) is 17.5. The van der Waals surface area contributed by atoms with Gasteiger partial charge in [-0.1, -0.05) is 23.2 Å². The van der Waals surface area contributed by atoms with Crippen molar-refractivity contribution < 1.29 is 19.1 Å². The highest BCUT2D eigenvalue weighted by atomic mass is 35.5. The Morgan fingerprint density at radius 2 is 1.83 bits per heavy atom. The molecule has 0 radical (unpaired) electrons. The monoisotopic (exact) mass is 372 g/mol. The molecule has 0 bridgehead atoms. The summed E-state index contributed by atoms with van der Waals surface area (Å²) in [7, 11) is 0. The van der Waals surface area contributed by atoms with Gasteiger partial charge in [0, 0.05) is 31.0 Å². The fourth-order valence-electron chi connectivity index (χ4n) is 2.92. The van der Waals surface area contributed by atoms with Crippen molar-refractivity contribution in [3.05, 3.63) is 28.2 Å². The second kappa shape index (κ2) is 7.27. The Bertz CT molecular complexity index is 637. The summed E-state index contributed by atoms with van der Waals surface area (Å²) >= 11 is 11.8. The number of rotatable bonds is 3. The molecule has 2 fully saturated rings. The van der Waals surface area contributed by atoms with Crippen molar-refractivity contribution in [2.24, 2.45) is 0 Å². The molecule has 1 N–H and O–H groups in total. The summed E-state index contributed by atoms with van der Waals surface area (Å²) in [6, 6.07) is 4.76. The zero-order valence-corrected chi connectivity index (χ0v) is 14.5. The number of amides is 2. The van der Waals surface area contributed by atoms with Gasteiger partial charge in [0.1, 0.15) is 6.42 Å². The average molecular weight is 373 g/mol. The first-order valence-corrected chi connectivity index (χ1v) is 8.54. The molecule has 3 rings (SSSR count). The predicted molar refractivity (Wildman–Crippen MR) is 90.2 cm³/mol. The highest BCUT2D eigenvalue weighted by Crippen LogP contribution is 2.31. The van der Waals surface area contributed by atoms with Gasteiger partial charge in [-0.3, -0.25) is 9.59 Å². The minimum Gasteiger partial charge on any atom is -0.347 e. The standard InChI is InChI=1S/C16H18Cl2N2O4/c17-11-1-2-13(12(18)9-11)19-14(21)10-15(22)20-5-3-16(4-6-20)23-7-8-24-16/h1-2,9H,3-8,10H2,(H,19,21). The lowest BCUT2D eigenvalue weighted by Gasteiger charge is -2.37. The summed E-state index contributed by atoms with van der Waals surface area (Å²) in [5, 5.41) is 3.44. The zero-order chi connectivity index (χ0) is 17.2. The van der Waals surface area contributed by atoms with Crippen molar-refractivity contribution in [2.75, 3.05) is 31.6 Å². The van der Waals surface area contributed by atoms with Crippen LogP contribution in [0.3, 0.4) is 0 Å². The van der Waals surface area contributed by atoms with Crippen LogP contribution in [0.2, 0.25) is 10.0 Å². The van der Waals surface area contributed by atoms with E-state index in [9.17, 15) is 9.59 Å². The Kier molecular flexibility index (Phi) is 5.30. The molecule has 0 saturated carbocycles. The molecule has 0 unspecified atom stereocenters. The maximum atomic E-state index is 12.3. The molecule has 2 aliphatic heterocycles. The zero-order valence-electron chi connectivity index (χ0n) is 13.0. The van der Waals surface area contributed by atoms with E-state index in [0.29, 0.717) is 54.9 Å². The van der Waals surface area contributed by atoms with Crippen molar-refractivity contribution in [3.63, 3.8) is 0 Å². The van der Waals surface area contributed by atoms with E-state index < -0.39 is 11.7 Å². The molecule has 0 atom stereocenters. The summed E-state index contributed by atoms with van der Waals surface area (Å²) in [5.41, 5.74) is 0.434. The van der Waals surface area contributed by atoms with Gasteiger partial charge >= 0.3 is 0 Å². The molecule has 24 heavy (non-hydrogen) atoms. The van der Waals surface area contributed by atoms with Crippen LogP contribution in [0, 0.1) is 0 Å². The number of hydrogen-bond acceptors (Lipinski definition) is 4. The van der Waals surface area contributed by atoms with Gasteiger partial charge in [0.2, 0.25) is 11.8 Å². The van der Waals surface area contributed by atoms with Crippen molar-refractivity contribution >= 4 is 40.7 Å². The minimum atomic E-state index is -0.532. The van der Waals surface area contributed by atoms with Crippen LogP contribution < -0.4 is 5.32 Å². The fraction of sp³-hybridized carbons (Fsp3) is 0.500. The summed E-state index contributed by atoms with van der Waals surface area (Å²) in [6.07, 6.45) is 1.03. The van der Waals surface area contributed by atoms with Gasteiger partial charge in [0.25, 0.3) is 0 Å². The molecule has 6 nitrogen and oxygen atoms in total. The Morgan fingerprint density at radius 3 is 2.46 bits per heavy atom. The topological polar surface area (TPSA) is 67.9 Å². The predicted octanol–water partition coefficient (Wildman–Crippen LogP) is 2.69. The van der Waals surface area contributed by atoms with E-state index in [1.165, 1.54) is 6.07 Å². The second-order valence-electron chi connectivity index (χ2n) is 5.84. The summed E-state index contributed by atoms with van der Waals surface area (Å²) in [6.45, 7) is 2.23. The molecular formula is C16H18Cl2N2O4. The number of nitrogens with zero attached hydrogens (tertiary/aromatic N) is 1. The smallest absolute Gasteiger partial charge is 0.233 e. The minimum absolute atomic E-state index is 0.217. The molecule has 0 aromatic heterocycles. The van der Waals surface area contributed by atoms with Gasteiger partial charge in [-0.25, -0.2) is 0 Å². The van der Waals surface area contributed by atoms with Crippen molar-refractivity contribution in [1.29, 1.82) is 0 Å². The van der Waals surface area contributed by atoms with Gasteiger partial charge < -0.3 is 19.7 Å². The Hall–Kier alpha value is -1.34. The molecule has 1 spiro atoms. The molecule has 1 aromatic rings. The SMILES string of the molecule is O=C(CC(=O)N1CCC2(CC1)OCCO2)Nc1ccc(Cl)cc1Cl. The largest absolute Gasteiger partial charge is 0.347 e. The Balaban J connectivity index is 1.50. The van der Waals surface area contributed by atoms with Crippen LogP contribution in [0.4, 0.5) is 5.69 Å². The molecular weight excluding hydrogens is 355 g/mol. The van der Waals surface area contributed by atoms with Crippen LogP contribution >= 0.6 is 23.2 Å². The molecule has 2 amide bonds. The molecule has 130 valence electrons. The van der Waals surface area contributed by atoms with Crippen LogP contribution in [0.15, 0.2) is 18.2 Å². The van der Waals surface area contributed by atoms with E-state index in [0.717, 1.165) is 0 Å². The molecule has 1 aromatic carbocycles. The highest BCUT2D eigenvalue weighted by Gasteiger charge is 2.40. The number of carbonyl (C=O) groups excluding carboxylic acids is 2. The van der Waals surface area contributed by atoms with E-state index in [-0.39, 0.29) is 12.3 Å². The number of benzene rings is 1. The van der Waals surface area contributed by atoms with E-state index in [2.05, 4.69) is 5.32 Å². The highest BCUT2D eigenvalue weighted by molar-refractivity contribution is 6.36. The van der Waals surface area contributed by atoms with Gasteiger partial charge in [0.15, 0.2) is 5.79 Å². The lowest BCUT2D eigenvalue weighted by Crippen LogP contribution is -2.47. The van der Waals surface area contributed by atoms with Crippen LogP contribution in [0.1, 0.15) is 19.3 Å². The Morgan fingerprint density at radius 1 is 1.17 bits per heavy atom. The summed E-state index contributed by atoms with van der Waals surface area (Å²) < 4.78 is 11.3. The number of ether oxygens (including phenoxy) is 2. The molecule has 8 heteroatoms. The second-order valence-corrected chi connectivity index (χ2v) is 6.68. The molecule has 0 aliphatic carbocycles. The quantitative estimate of drug-likeness (QED) is 0.828. The fourth-order valence-corrected chi connectivity index (χ4v) is 3.37. The lowest BCUT2D eigenvalue weighted by atomic mass is 10.0. The number of hydrogen-bond donors (Lipinski definition) is 1. The number of nitrogens with one attached hydrogen (secondary N) is 1. The lowest BCUT2D eigenvalue weighted by molar-refractivity contribution is -0.187. The summed E-state index contributed by atoms with van der Waals surface area (Å²) in [5.74, 6) is -1.15. The van der Waals surface area contributed by atoms with Crippen molar-refractivity contribution in [1.82, 2.24) is 4.90 Å². The number of carbonyl (C=O) groups is 2. The number of halogens is 2. The number of anilines is 1. The van der Waals surface area contributed by atoms with Crippen LogP contribution in [0.5, 0.6) is 0 Å². The molecule has 2 saturated heterocycles. The third kappa shape index (κ3) is 4.00. The van der Waals surface area contributed by atoms with Gasteiger partial charge in [0.05, 0.1) is 23.9 Å². The van der Waals surface area contributed by atoms with Crippen molar-refractivity contribution in [3.8, 4) is 0 Å². The van der Waals surface area contributed by atoms with E-state index >= 15 is 0 Å². The van der Waals surface area contributed by atoms with Gasteiger partial charge in [-0.15, -0.1) is 0 Å². The van der Waals surface area contributed by atoms with Crippen LogP contribution in [0.25, 0.3) is 0 Å². The third-order valence-electron chi connectivity index (χ3n) is 4.21. The number of piperidine rings is 1. The van der Waals surface area contributed by atoms with Gasteiger partial charge in [-0.05, 0) is 18.2 Å². The van der Waals surface area contributed by atoms with Crippen LogP contribution in [-0.4, -0.2) is 48.8 Å². The van der Waals surface area contributed by atoms with E-state index in [1.54, 1.807) is 17.0 Å². The molecule has 2 aliphatic rings. The molecule has 2 heterocycles. The van der Waals surface area contributed by atoms with Crippen molar-refractivity contribution in [2.45, 2.75) is 25.0 Å². The first-order valence-electron chi connectivity index (χ1n) is 7.78. The third-order valence-corrected chi connectivity index (χ3v) is 4.76. The summed E-state index contributed by atoms with van der Waals surface area (Å²) in [4.78, 5) is 26.0. The van der Waals surface area contributed by atoms with Gasteiger partial charge in [-0.2, -0.15) is 0 Å². The maximum absolute atomic E-state index is 12.3. The Labute approximate surface area is 150 Å².